The molecule has 0 saturated heterocycles. The topological polar surface area (TPSA) is 36.7 Å². The van der Waals surface area contributed by atoms with Crippen LogP contribution in [0.2, 0.25) is 10.0 Å². The summed E-state index contributed by atoms with van der Waals surface area (Å²) in [5, 5.41) is 10.4. The molecule has 0 aliphatic heterocycles. The number of thioether (sulfide) groups is 1. The van der Waals surface area contributed by atoms with Gasteiger partial charge in [0.05, 0.1) is 15.1 Å². The lowest BCUT2D eigenvalue weighted by Crippen LogP contribution is -1.78. The predicted octanol–water partition coefficient (Wildman–Crippen LogP) is 6.26. The van der Waals surface area contributed by atoms with E-state index in [-0.39, 0.29) is 0 Å². The van der Waals surface area contributed by atoms with Crippen molar-refractivity contribution in [1.82, 2.24) is 4.98 Å². The molecule has 0 bridgehead atoms. The van der Waals surface area contributed by atoms with Crippen LogP contribution in [-0.2, 0) is 0 Å². The zero-order valence-corrected chi connectivity index (χ0v) is 14.2. The first-order valence-corrected chi connectivity index (χ1v) is 8.65. The lowest BCUT2D eigenvalue weighted by Gasteiger charge is -2.00. The zero-order chi connectivity index (χ0) is 15.5. The molecule has 3 rings (SSSR count). The number of hydrogen-bond donors (Lipinski definition) is 0. The van der Waals surface area contributed by atoms with E-state index in [2.05, 4.69) is 11.1 Å². The SMILES string of the molecule is N#C/C(=C\c1ccc(Cl)cc1Cl)Sc1nc2ccccc2s1. The van der Waals surface area contributed by atoms with Gasteiger partial charge in [0.15, 0.2) is 4.34 Å². The minimum absolute atomic E-state index is 0.519. The molecule has 0 aliphatic rings. The Morgan fingerprint density at radius 3 is 2.77 bits per heavy atom. The lowest BCUT2D eigenvalue weighted by molar-refractivity contribution is 1.31. The van der Waals surface area contributed by atoms with Crippen LogP contribution in [0.3, 0.4) is 0 Å². The van der Waals surface area contributed by atoms with Gasteiger partial charge in [-0.3, -0.25) is 0 Å². The molecule has 3 aromatic rings. The van der Waals surface area contributed by atoms with Gasteiger partial charge < -0.3 is 0 Å². The van der Waals surface area contributed by atoms with Gasteiger partial charge in [0.2, 0.25) is 0 Å². The minimum Gasteiger partial charge on any atom is -0.229 e. The number of halogens is 2. The van der Waals surface area contributed by atoms with Crippen LogP contribution in [0.15, 0.2) is 51.7 Å². The van der Waals surface area contributed by atoms with E-state index in [0.29, 0.717) is 15.0 Å². The van der Waals surface area contributed by atoms with Crippen LogP contribution in [0.5, 0.6) is 0 Å². The molecule has 1 aromatic heterocycles. The molecule has 6 heteroatoms. The van der Waals surface area contributed by atoms with E-state index >= 15 is 0 Å². The largest absolute Gasteiger partial charge is 0.229 e. The predicted molar refractivity (Wildman–Crippen MR) is 95.5 cm³/mol. The molecule has 108 valence electrons. The second-order valence-electron chi connectivity index (χ2n) is 4.34. The molecule has 0 spiro atoms. The molecule has 0 radical (unpaired) electrons. The maximum atomic E-state index is 9.34. The molecule has 0 saturated carbocycles. The van der Waals surface area contributed by atoms with Gasteiger partial charge in [-0.2, -0.15) is 5.26 Å². The first-order chi connectivity index (χ1) is 10.7. The summed E-state index contributed by atoms with van der Waals surface area (Å²) in [7, 11) is 0. The highest BCUT2D eigenvalue weighted by Gasteiger charge is 2.08. The van der Waals surface area contributed by atoms with Crippen molar-refractivity contribution in [1.29, 1.82) is 5.26 Å². The van der Waals surface area contributed by atoms with E-state index in [9.17, 15) is 5.26 Å². The highest BCUT2D eigenvalue weighted by Crippen LogP contribution is 2.35. The van der Waals surface area contributed by atoms with Crippen LogP contribution in [-0.4, -0.2) is 4.98 Å². The monoisotopic (exact) mass is 362 g/mol. The minimum atomic E-state index is 0.519. The summed E-state index contributed by atoms with van der Waals surface area (Å²) in [5.41, 5.74) is 1.70. The molecule has 0 fully saturated rings. The fourth-order valence-electron chi connectivity index (χ4n) is 1.83. The van der Waals surface area contributed by atoms with E-state index < -0.39 is 0 Å². The number of thiazole rings is 1. The van der Waals surface area contributed by atoms with Gasteiger partial charge in [0.25, 0.3) is 0 Å². The van der Waals surface area contributed by atoms with Crippen LogP contribution in [0.25, 0.3) is 16.3 Å². The molecule has 22 heavy (non-hydrogen) atoms. The Hall–Kier alpha value is -1.51. The van der Waals surface area contributed by atoms with Gasteiger partial charge in [-0.25, -0.2) is 4.98 Å². The van der Waals surface area contributed by atoms with Crippen molar-refractivity contribution >= 4 is 62.6 Å². The van der Waals surface area contributed by atoms with Gasteiger partial charge >= 0.3 is 0 Å². The summed E-state index contributed by atoms with van der Waals surface area (Å²) in [4.78, 5) is 5.04. The molecular formula is C16H8Cl2N2S2. The Morgan fingerprint density at radius 2 is 2.05 bits per heavy atom. The maximum absolute atomic E-state index is 9.34. The summed E-state index contributed by atoms with van der Waals surface area (Å²) in [5.74, 6) is 0. The van der Waals surface area contributed by atoms with E-state index in [4.69, 9.17) is 23.2 Å². The molecule has 0 amide bonds. The summed E-state index contributed by atoms with van der Waals surface area (Å²) >= 11 is 14.9. The Kier molecular flexibility index (Phi) is 4.70. The zero-order valence-electron chi connectivity index (χ0n) is 11.1. The number of nitriles is 1. The van der Waals surface area contributed by atoms with Crippen molar-refractivity contribution in [2.45, 2.75) is 4.34 Å². The second kappa shape index (κ2) is 6.72. The standard InChI is InChI=1S/C16H8Cl2N2S2/c17-11-6-5-10(13(18)8-11)7-12(9-19)21-16-20-14-3-1-2-4-15(14)22-16/h1-8H/b12-7+. The third-order valence-corrected chi connectivity index (χ3v) is 5.42. The first kappa shape index (κ1) is 15.4. The van der Waals surface area contributed by atoms with Crippen molar-refractivity contribution in [3.05, 3.63) is 63.0 Å². The number of benzene rings is 2. The number of allylic oxidation sites excluding steroid dienone is 1. The molecule has 0 aliphatic carbocycles. The lowest BCUT2D eigenvalue weighted by atomic mass is 10.2. The number of nitrogens with zero attached hydrogens (tertiary/aromatic N) is 2. The smallest absolute Gasteiger partial charge is 0.156 e. The number of aromatic nitrogens is 1. The van der Waals surface area contributed by atoms with Crippen molar-refractivity contribution < 1.29 is 0 Å². The van der Waals surface area contributed by atoms with Crippen LogP contribution < -0.4 is 0 Å². The highest BCUT2D eigenvalue weighted by atomic mass is 35.5. The third-order valence-electron chi connectivity index (χ3n) is 2.83. The Bertz CT molecular complexity index is 877. The van der Waals surface area contributed by atoms with Gasteiger partial charge in [-0.05, 0) is 47.7 Å². The Morgan fingerprint density at radius 1 is 1.23 bits per heavy atom. The van der Waals surface area contributed by atoms with Gasteiger partial charge in [0, 0.05) is 10.0 Å². The molecule has 2 nitrogen and oxygen atoms in total. The summed E-state index contributed by atoms with van der Waals surface area (Å²) < 4.78 is 1.94. The number of rotatable bonds is 3. The summed E-state index contributed by atoms with van der Waals surface area (Å²) in [6.45, 7) is 0. The summed E-state index contributed by atoms with van der Waals surface area (Å²) in [6.07, 6.45) is 1.75. The van der Waals surface area contributed by atoms with Crippen molar-refractivity contribution in [2.75, 3.05) is 0 Å². The Balaban J connectivity index is 1.91. The summed E-state index contributed by atoms with van der Waals surface area (Å²) in [6, 6.07) is 15.3. The number of fused-ring (bicyclic) bond motifs is 1. The molecule has 0 unspecified atom stereocenters. The maximum Gasteiger partial charge on any atom is 0.156 e. The fraction of sp³-hybridized carbons (Fsp3) is 0. The van der Waals surface area contributed by atoms with E-state index in [0.717, 1.165) is 20.1 Å². The quantitative estimate of drug-likeness (QED) is 0.407. The van der Waals surface area contributed by atoms with Crippen molar-refractivity contribution in [3.63, 3.8) is 0 Å². The van der Waals surface area contributed by atoms with E-state index in [1.54, 1.807) is 35.6 Å². The van der Waals surface area contributed by atoms with Crippen molar-refractivity contribution in [3.8, 4) is 6.07 Å². The molecule has 0 atom stereocenters. The van der Waals surface area contributed by atoms with Crippen LogP contribution >= 0.6 is 46.3 Å². The van der Waals surface area contributed by atoms with E-state index in [1.807, 2.05) is 24.3 Å². The highest BCUT2D eigenvalue weighted by molar-refractivity contribution is 8.05. The van der Waals surface area contributed by atoms with Gasteiger partial charge in [0.1, 0.15) is 6.07 Å². The molecule has 2 aromatic carbocycles. The van der Waals surface area contributed by atoms with Crippen LogP contribution in [0.4, 0.5) is 0 Å². The Labute approximate surface area is 146 Å². The van der Waals surface area contributed by atoms with Crippen LogP contribution in [0.1, 0.15) is 5.56 Å². The third kappa shape index (κ3) is 3.45. The van der Waals surface area contributed by atoms with Crippen molar-refractivity contribution in [2.24, 2.45) is 0 Å². The average molecular weight is 363 g/mol. The van der Waals surface area contributed by atoms with E-state index in [1.165, 1.54) is 11.8 Å². The second-order valence-corrected chi connectivity index (χ2v) is 7.50. The van der Waals surface area contributed by atoms with Crippen LogP contribution in [0, 0.1) is 11.3 Å². The average Bonchev–Trinajstić information content (AvgIpc) is 2.91. The van der Waals surface area contributed by atoms with Gasteiger partial charge in [-0.1, -0.05) is 41.4 Å². The normalized spacial score (nSPS) is 11.6. The number of para-hydroxylation sites is 1. The molecule has 0 N–H and O–H groups in total. The van der Waals surface area contributed by atoms with Gasteiger partial charge in [-0.15, -0.1) is 11.3 Å². The molecular weight excluding hydrogens is 355 g/mol. The molecule has 1 heterocycles. The number of hydrogen-bond acceptors (Lipinski definition) is 4. The fourth-order valence-corrected chi connectivity index (χ4v) is 4.26. The first-order valence-electron chi connectivity index (χ1n) is 6.26.